The van der Waals surface area contributed by atoms with E-state index < -0.39 is 0 Å². The van der Waals surface area contributed by atoms with Crippen molar-refractivity contribution in [1.29, 1.82) is 0 Å². The number of hydrogen-bond donors (Lipinski definition) is 0. The highest BCUT2D eigenvalue weighted by atomic mass is 16.5. The SMILES string of the molecule is c1ccc(-c2cn(-c3nc(N4CCOCC4)c4ccccc4n3)nn2)cc1. The lowest BCUT2D eigenvalue weighted by Gasteiger charge is -2.28. The molecule has 1 aliphatic heterocycles. The number of anilines is 1. The molecule has 0 amide bonds. The van der Waals surface area contributed by atoms with E-state index in [4.69, 9.17) is 14.7 Å². The lowest BCUT2D eigenvalue weighted by Crippen LogP contribution is -2.37. The summed E-state index contributed by atoms with van der Waals surface area (Å²) >= 11 is 0. The van der Waals surface area contributed by atoms with Crippen LogP contribution in [0.25, 0.3) is 28.1 Å². The van der Waals surface area contributed by atoms with Crippen LogP contribution < -0.4 is 4.90 Å². The molecule has 0 spiro atoms. The fourth-order valence-corrected chi connectivity index (χ4v) is 3.27. The van der Waals surface area contributed by atoms with E-state index in [1.54, 1.807) is 4.68 Å². The number of para-hydroxylation sites is 1. The van der Waals surface area contributed by atoms with Gasteiger partial charge in [0.2, 0.25) is 0 Å². The van der Waals surface area contributed by atoms with E-state index in [0.717, 1.165) is 41.1 Å². The Morgan fingerprint density at radius 3 is 2.48 bits per heavy atom. The van der Waals surface area contributed by atoms with Gasteiger partial charge in [-0.1, -0.05) is 47.7 Å². The number of fused-ring (bicyclic) bond motifs is 1. The first-order valence-corrected chi connectivity index (χ1v) is 8.96. The van der Waals surface area contributed by atoms with Crippen LogP contribution in [0.5, 0.6) is 0 Å². The Kier molecular flexibility index (Phi) is 3.99. The summed E-state index contributed by atoms with van der Waals surface area (Å²) in [6.45, 7) is 3.03. The third-order valence-corrected chi connectivity index (χ3v) is 4.65. The van der Waals surface area contributed by atoms with E-state index >= 15 is 0 Å². The number of benzene rings is 2. The zero-order valence-electron chi connectivity index (χ0n) is 14.7. The largest absolute Gasteiger partial charge is 0.378 e. The Balaban J connectivity index is 1.60. The first kappa shape index (κ1) is 15.9. The van der Waals surface area contributed by atoms with Crippen LogP contribution in [-0.2, 0) is 4.74 Å². The molecule has 0 unspecified atom stereocenters. The van der Waals surface area contributed by atoms with Crippen molar-refractivity contribution in [2.75, 3.05) is 31.2 Å². The van der Waals surface area contributed by atoms with Crippen LogP contribution in [0.2, 0.25) is 0 Å². The van der Waals surface area contributed by atoms with Gasteiger partial charge in [-0.05, 0) is 12.1 Å². The average molecular weight is 358 g/mol. The smallest absolute Gasteiger partial charge is 0.254 e. The molecule has 1 saturated heterocycles. The van der Waals surface area contributed by atoms with E-state index in [1.165, 1.54) is 0 Å². The highest BCUT2D eigenvalue weighted by molar-refractivity contribution is 5.90. The van der Waals surface area contributed by atoms with Crippen LogP contribution in [0, 0.1) is 0 Å². The zero-order valence-corrected chi connectivity index (χ0v) is 14.7. The minimum Gasteiger partial charge on any atom is -0.378 e. The highest BCUT2D eigenvalue weighted by Gasteiger charge is 2.18. The van der Waals surface area contributed by atoms with Gasteiger partial charge in [0.1, 0.15) is 11.5 Å². The molecule has 1 fully saturated rings. The molecule has 0 N–H and O–H groups in total. The summed E-state index contributed by atoms with van der Waals surface area (Å²) in [4.78, 5) is 11.8. The van der Waals surface area contributed by atoms with Gasteiger partial charge in [0, 0.05) is 24.0 Å². The van der Waals surface area contributed by atoms with Gasteiger partial charge in [0.25, 0.3) is 5.95 Å². The molecule has 27 heavy (non-hydrogen) atoms. The lowest BCUT2D eigenvalue weighted by molar-refractivity contribution is 0.122. The molecule has 3 heterocycles. The van der Waals surface area contributed by atoms with Gasteiger partial charge in [0.05, 0.1) is 24.9 Å². The molecule has 0 aliphatic carbocycles. The number of aromatic nitrogens is 5. The minimum atomic E-state index is 0.518. The van der Waals surface area contributed by atoms with Gasteiger partial charge in [-0.3, -0.25) is 0 Å². The van der Waals surface area contributed by atoms with Crippen LogP contribution in [0.1, 0.15) is 0 Å². The fraction of sp³-hybridized carbons (Fsp3) is 0.200. The third-order valence-electron chi connectivity index (χ3n) is 4.65. The molecular weight excluding hydrogens is 340 g/mol. The van der Waals surface area contributed by atoms with Crippen LogP contribution >= 0.6 is 0 Å². The number of hydrogen-bond acceptors (Lipinski definition) is 6. The Bertz CT molecular complexity index is 1070. The summed E-state index contributed by atoms with van der Waals surface area (Å²) in [6.07, 6.45) is 1.86. The fourth-order valence-electron chi connectivity index (χ4n) is 3.27. The minimum absolute atomic E-state index is 0.518. The second-order valence-corrected chi connectivity index (χ2v) is 6.38. The first-order valence-electron chi connectivity index (χ1n) is 8.96. The summed E-state index contributed by atoms with van der Waals surface area (Å²) in [5.41, 5.74) is 2.69. The second kappa shape index (κ2) is 6.77. The molecule has 7 heteroatoms. The van der Waals surface area contributed by atoms with Crippen LogP contribution in [0.15, 0.2) is 60.8 Å². The van der Waals surface area contributed by atoms with Crippen molar-refractivity contribution in [3.8, 4) is 17.2 Å². The highest BCUT2D eigenvalue weighted by Crippen LogP contribution is 2.26. The normalized spacial score (nSPS) is 14.6. The van der Waals surface area contributed by atoms with Crippen LogP contribution in [0.4, 0.5) is 5.82 Å². The molecule has 7 nitrogen and oxygen atoms in total. The number of morpholine rings is 1. The zero-order chi connectivity index (χ0) is 18.1. The van der Waals surface area contributed by atoms with Crippen molar-refractivity contribution >= 4 is 16.7 Å². The maximum Gasteiger partial charge on any atom is 0.254 e. The van der Waals surface area contributed by atoms with Crippen molar-refractivity contribution in [1.82, 2.24) is 25.0 Å². The molecule has 134 valence electrons. The van der Waals surface area contributed by atoms with Gasteiger partial charge >= 0.3 is 0 Å². The monoisotopic (exact) mass is 358 g/mol. The second-order valence-electron chi connectivity index (χ2n) is 6.38. The summed E-state index contributed by atoms with van der Waals surface area (Å²) in [6, 6.07) is 18.0. The molecular formula is C20H18N6O. The molecule has 2 aromatic carbocycles. The summed E-state index contributed by atoms with van der Waals surface area (Å²) in [5, 5.41) is 9.57. The number of rotatable bonds is 3. The Labute approximate surface area is 156 Å². The van der Waals surface area contributed by atoms with Gasteiger partial charge < -0.3 is 9.64 Å². The summed E-state index contributed by atoms with van der Waals surface area (Å²) < 4.78 is 7.13. The Morgan fingerprint density at radius 2 is 1.63 bits per heavy atom. The maximum atomic E-state index is 5.49. The molecule has 5 rings (SSSR count). The third kappa shape index (κ3) is 3.02. The van der Waals surface area contributed by atoms with E-state index in [2.05, 4.69) is 21.3 Å². The van der Waals surface area contributed by atoms with Crippen molar-refractivity contribution in [3.05, 3.63) is 60.8 Å². The van der Waals surface area contributed by atoms with Crippen molar-refractivity contribution in [2.24, 2.45) is 0 Å². The van der Waals surface area contributed by atoms with Crippen LogP contribution in [0.3, 0.4) is 0 Å². The molecule has 4 aromatic rings. The van der Waals surface area contributed by atoms with E-state index in [1.807, 2.05) is 54.7 Å². The van der Waals surface area contributed by atoms with E-state index in [0.29, 0.717) is 19.2 Å². The van der Waals surface area contributed by atoms with E-state index in [-0.39, 0.29) is 0 Å². The van der Waals surface area contributed by atoms with Crippen LogP contribution in [-0.4, -0.2) is 51.3 Å². The Hall–Kier alpha value is -3.32. The summed E-state index contributed by atoms with van der Waals surface area (Å²) in [7, 11) is 0. The Morgan fingerprint density at radius 1 is 0.852 bits per heavy atom. The topological polar surface area (TPSA) is 69.0 Å². The maximum absolute atomic E-state index is 5.49. The molecule has 0 atom stereocenters. The predicted octanol–water partition coefficient (Wildman–Crippen LogP) is 2.71. The molecule has 2 aromatic heterocycles. The first-order chi connectivity index (χ1) is 13.4. The molecule has 1 aliphatic rings. The number of ether oxygens (including phenoxy) is 1. The molecule has 0 saturated carbocycles. The molecule has 0 radical (unpaired) electrons. The van der Waals surface area contributed by atoms with Crippen molar-refractivity contribution in [2.45, 2.75) is 0 Å². The summed E-state index contributed by atoms with van der Waals surface area (Å²) in [5.74, 6) is 1.43. The lowest BCUT2D eigenvalue weighted by atomic mass is 10.2. The van der Waals surface area contributed by atoms with Gasteiger partial charge in [-0.2, -0.15) is 9.67 Å². The van der Waals surface area contributed by atoms with E-state index in [9.17, 15) is 0 Å². The van der Waals surface area contributed by atoms with Crippen molar-refractivity contribution in [3.63, 3.8) is 0 Å². The van der Waals surface area contributed by atoms with Gasteiger partial charge in [-0.25, -0.2) is 4.98 Å². The van der Waals surface area contributed by atoms with Gasteiger partial charge in [-0.15, -0.1) is 5.10 Å². The van der Waals surface area contributed by atoms with Crippen molar-refractivity contribution < 1.29 is 4.74 Å². The van der Waals surface area contributed by atoms with Gasteiger partial charge in [0.15, 0.2) is 0 Å². The molecule has 0 bridgehead atoms. The average Bonchev–Trinajstić information content (AvgIpc) is 3.25. The quantitative estimate of drug-likeness (QED) is 0.561. The standard InChI is InChI=1S/C20H18N6O/c1-2-6-15(7-3-1)18-14-26(24-23-18)20-21-17-9-5-4-8-16(17)19(22-20)25-10-12-27-13-11-25/h1-9,14H,10-13H2. The number of nitrogens with zero attached hydrogens (tertiary/aromatic N) is 6. The predicted molar refractivity (Wildman–Crippen MR) is 103 cm³/mol.